The molecule has 0 radical (unpaired) electrons. The van der Waals surface area contributed by atoms with Gasteiger partial charge in [0.2, 0.25) is 0 Å². The van der Waals surface area contributed by atoms with Crippen LogP contribution in [0.3, 0.4) is 0 Å². The van der Waals surface area contributed by atoms with Crippen molar-refractivity contribution in [3.05, 3.63) is 29.4 Å². The van der Waals surface area contributed by atoms with Crippen molar-refractivity contribution >= 4 is 28.3 Å². The van der Waals surface area contributed by atoms with E-state index in [2.05, 4.69) is 32.4 Å². The standard InChI is InChI=1S/C19H23ClN6O/c1-3-26-8-4-5-13(11-26)22-19-15-10-21-25(2)18(15)17(23-24-19)14-7-6-12(20)9-16(14)27/h6-7,9-10,13,27H,3-5,8,11H2,1-2H3,(H,22,24)/t13-/m1/s1. The Balaban J connectivity index is 1.73. The van der Waals surface area contributed by atoms with Crippen LogP contribution in [0.4, 0.5) is 5.82 Å². The molecule has 4 rings (SSSR count). The second-order valence-corrected chi connectivity index (χ2v) is 7.40. The fraction of sp³-hybridized carbons (Fsp3) is 0.421. The maximum absolute atomic E-state index is 10.3. The summed E-state index contributed by atoms with van der Waals surface area (Å²) in [6.07, 6.45) is 4.08. The topological polar surface area (TPSA) is 79.1 Å². The number of nitrogens with one attached hydrogen (secondary N) is 1. The van der Waals surface area contributed by atoms with Gasteiger partial charge in [0.1, 0.15) is 11.4 Å². The van der Waals surface area contributed by atoms with E-state index in [1.807, 2.05) is 7.05 Å². The number of rotatable bonds is 4. The Morgan fingerprint density at radius 3 is 2.96 bits per heavy atom. The second kappa shape index (κ2) is 7.32. The molecule has 2 N–H and O–H groups in total. The Bertz CT molecular complexity index is 972. The van der Waals surface area contributed by atoms with Crippen molar-refractivity contribution in [3.63, 3.8) is 0 Å². The molecule has 7 nitrogen and oxygen atoms in total. The molecule has 1 aliphatic heterocycles. The van der Waals surface area contributed by atoms with E-state index in [0.29, 0.717) is 22.3 Å². The van der Waals surface area contributed by atoms with E-state index >= 15 is 0 Å². The first-order valence-corrected chi connectivity index (χ1v) is 9.60. The van der Waals surface area contributed by atoms with Crippen molar-refractivity contribution in [1.29, 1.82) is 0 Å². The van der Waals surface area contributed by atoms with Gasteiger partial charge in [-0.2, -0.15) is 5.10 Å². The summed E-state index contributed by atoms with van der Waals surface area (Å²) in [4.78, 5) is 2.44. The van der Waals surface area contributed by atoms with Crippen LogP contribution in [0.25, 0.3) is 22.2 Å². The van der Waals surface area contributed by atoms with Crippen molar-refractivity contribution in [3.8, 4) is 17.0 Å². The number of hydrogen-bond donors (Lipinski definition) is 2. The maximum Gasteiger partial charge on any atom is 0.160 e. The van der Waals surface area contributed by atoms with E-state index in [0.717, 1.165) is 42.8 Å². The molecule has 0 amide bonds. The molecule has 1 aliphatic rings. The summed E-state index contributed by atoms with van der Waals surface area (Å²) < 4.78 is 1.76. The van der Waals surface area contributed by atoms with Crippen LogP contribution in [0.2, 0.25) is 5.02 Å². The van der Waals surface area contributed by atoms with Crippen LogP contribution in [0.5, 0.6) is 5.75 Å². The van der Waals surface area contributed by atoms with Gasteiger partial charge >= 0.3 is 0 Å². The van der Waals surface area contributed by atoms with E-state index in [9.17, 15) is 5.11 Å². The first-order chi connectivity index (χ1) is 13.1. The van der Waals surface area contributed by atoms with Crippen LogP contribution < -0.4 is 5.32 Å². The normalized spacial score (nSPS) is 18.1. The van der Waals surface area contributed by atoms with Crippen LogP contribution in [0.15, 0.2) is 24.4 Å². The zero-order valence-electron chi connectivity index (χ0n) is 15.5. The zero-order valence-corrected chi connectivity index (χ0v) is 16.2. The molecule has 3 aromatic rings. The molecule has 0 unspecified atom stereocenters. The number of nitrogens with zero attached hydrogens (tertiary/aromatic N) is 5. The van der Waals surface area contributed by atoms with Crippen molar-refractivity contribution in [2.45, 2.75) is 25.8 Å². The largest absolute Gasteiger partial charge is 0.507 e. The van der Waals surface area contributed by atoms with Crippen LogP contribution in [-0.2, 0) is 7.05 Å². The molecule has 1 atom stereocenters. The van der Waals surface area contributed by atoms with Gasteiger partial charge in [-0.15, -0.1) is 10.2 Å². The highest BCUT2D eigenvalue weighted by Crippen LogP contribution is 2.35. The number of aromatic hydroxyl groups is 1. The number of benzene rings is 1. The third-order valence-electron chi connectivity index (χ3n) is 5.18. The molecular formula is C19H23ClN6O. The molecule has 0 aliphatic carbocycles. The number of anilines is 1. The average molecular weight is 387 g/mol. The number of phenolic OH excluding ortho intramolecular Hbond substituents is 1. The molecule has 27 heavy (non-hydrogen) atoms. The van der Waals surface area contributed by atoms with Crippen LogP contribution in [-0.4, -0.2) is 55.7 Å². The highest BCUT2D eigenvalue weighted by molar-refractivity contribution is 6.30. The number of halogens is 1. The summed E-state index contributed by atoms with van der Waals surface area (Å²) in [5.41, 5.74) is 2.00. The number of likely N-dealkylation sites (N-methyl/N-ethyl adjacent to an activating group) is 1. The molecule has 3 heterocycles. The lowest BCUT2D eigenvalue weighted by molar-refractivity contribution is 0.226. The molecule has 0 spiro atoms. The summed E-state index contributed by atoms with van der Waals surface area (Å²) >= 11 is 5.96. The average Bonchev–Trinajstić information content (AvgIpc) is 3.05. The Kier molecular flexibility index (Phi) is 4.88. The molecule has 0 saturated carbocycles. The lowest BCUT2D eigenvalue weighted by Gasteiger charge is -2.32. The van der Waals surface area contributed by atoms with Gasteiger partial charge in [0, 0.05) is 30.2 Å². The third kappa shape index (κ3) is 3.44. The Morgan fingerprint density at radius 2 is 2.19 bits per heavy atom. The summed E-state index contributed by atoms with van der Waals surface area (Å²) in [6, 6.07) is 5.33. The highest BCUT2D eigenvalue weighted by atomic mass is 35.5. The molecule has 1 saturated heterocycles. The van der Waals surface area contributed by atoms with Gasteiger partial charge in [-0.1, -0.05) is 18.5 Å². The van der Waals surface area contributed by atoms with Crippen LogP contribution in [0, 0.1) is 0 Å². The van der Waals surface area contributed by atoms with E-state index in [-0.39, 0.29) is 5.75 Å². The maximum atomic E-state index is 10.3. The molecule has 1 fully saturated rings. The van der Waals surface area contributed by atoms with Gasteiger partial charge < -0.3 is 15.3 Å². The third-order valence-corrected chi connectivity index (χ3v) is 5.41. The minimum atomic E-state index is 0.0749. The minimum absolute atomic E-state index is 0.0749. The van der Waals surface area contributed by atoms with Gasteiger partial charge in [0.15, 0.2) is 5.82 Å². The summed E-state index contributed by atoms with van der Waals surface area (Å²) in [5, 5.41) is 28.5. The molecule has 142 valence electrons. The smallest absolute Gasteiger partial charge is 0.160 e. The number of hydrogen-bond acceptors (Lipinski definition) is 6. The second-order valence-electron chi connectivity index (χ2n) is 6.97. The highest BCUT2D eigenvalue weighted by Gasteiger charge is 2.22. The number of piperidine rings is 1. The molecule has 2 aromatic heterocycles. The summed E-state index contributed by atoms with van der Waals surface area (Å²) in [6.45, 7) is 5.40. The van der Waals surface area contributed by atoms with Gasteiger partial charge in [0.25, 0.3) is 0 Å². The number of aryl methyl sites for hydroxylation is 1. The van der Waals surface area contributed by atoms with Crippen molar-refractivity contribution < 1.29 is 5.11 Å². The van der Waals surface area contributed by atoms with E-state index in [1.54, 1.807) is 23.0 Å². The van der Waals surface area contributed by atoms with Crippen molar-refractivity contribution in [2.75, 3.05) is 25.0 Å². The van der Waals surface area contributed by atoms with E-state index in [1.165, 1.54) is 12.5 Å². The van der Waals surface area contributed by atoms with Crippen LogP contribution >= 0.6 is 11.6 Å². The van der Waals surface area contributed by atoms with Gasteiger partial charge in [-0.05, 0) is 44.1 Å². The lowest BCUT2D eigenvalue weighted by atomic mass is 10.1. The fourth-order valence-electron chi connectivity index (χ4n) is 3.74. The van der Waals surface area contributed by atoms with Crippen molar-refractivity contribution in [2.24, 2.45) is 7.05 Å². The van der Waals surface area contributed by atoms with Gasteiger partial charge in [-0.25, -0.2) is 0 Å². The predicted octanol–water partition coefficient (Wildman–Crippen LogP) is 3.29. The lowest BCUT2D eigenvalue weighted by Crippen LogP contribution is -2.42. The minimum Gasteiger partial charge on any atom is -0.507 e. The molecular weight excluding hydrogens is 364 g/mol. The number of phenols is 1. The number of likely N-dealkylation sites (tertiary alicyclic amines) is 1. The van der Waals surface area contributed by atoms with Crippen LogP contribution in [0.1, 0.15) is 19.8 Å². The Morgan fingerprint density at radius 1 is 1.33 bits per heavy atom. The monoisotopic (exact) mass is 386 g/mol. The van der Waals surface area contributed by atoms with Gasteiger partial charge in [0.05, 0.1) is 17.1 Å². The Hall–Kier alpha value is -2.38. The number of aromatic nitrogens is 4. The molecule has 8 heteroatoms. The summed E-state index contributed by atoms with van der Waals surface area (Å²) in [7, 11) is 1.86. The summed E-state index contributed by atoms with van der Waals surface area (Å²) in [5.74, 6) is 0.809. The van der Waals surface area contributed by atoms with E-state index < -0.39 is 0 Å². The predicted molar refractivity (Wildman–Crippen MR) is 107 cm³/mol. The first kappa shape index (κ1) is 18.0. The quantitative estimate of drug-likeness (QED) is 0.716. The SMILES string of the molecule is CCN1CCC[C@@H](Nc2nnc(-c3ccc(Cl)cc3O)c3c2cnn3C)C1. The van der Waals surface area contributed by atoms with E-state index in [4.69, 9.17) is 11.6 Å². The van der Waals surface area contributed by atoms with Gasteiger partial charge in [-0.3, -0.25) is 4.68 Å². The molecule has 0 bridgehead atoms. The first-order valence-electron chi connectivity index (χ1n) is 9.23. The van der Waals surface area contributed by atoms with Crippen molar-refractivity contribution in [1.82, 2.24) is 24.9 Å². The number of fused-ring (bicyclic) bond motifs is 1. The fourth-order valence-corrected chi connectivity index (χ4v) is 3.91. The Labute approximate surface area is 163 Å². The molecule has 1 aromatic carbocycles. The zero-order chi connectivity index (χ0) is 19.0.